The van der Waals surface area contributed by atoms with Crippen LogP contribution in [0.5, 0.6) is 0 Å². The van der Waals surface area contributed by atoms with Crippen LogP contribution in [0.15, 0.2) is 30.3 Å². The molecule has 1 aromatic rings. The van der Waals surface area contributed by atoms with Gasteiger partial charge in [0.2, 0.25) is 11.8 Å². The summed E-state index contributed by atoms with van der Waals surface area (Å²) < 4.78 is 4.91. The molecule has 6 nitrogen and oxygen atoms in total. The number of nitrogens with zero attached hydrogens (tertiary/aromatic N) is 1. The van der Waals surface area contributed by atoms with Gasteiger partial charge in [0.15, 0.2) is 0 Å². The Morgan fingerprint density at radius 1 is 1.30 bits per heavy atom. The zero-order chi connectivity index (χ0) is 16.7. The average Bonchev–Trinajstić information content (AvgIpc) is 2.60. The maximum absolute atomic E-state index is 12.2. The Morgan fingerprint density at radius 3 is 2.57 bits per heavy atom. The largest absolute Gasteiger partial charge is 0.383 e. The van der Waals surface area contributed by atoms with E-state index >= 15 is 0 Å². The summed E-state index contributed by atoms with van der Waals surface area (Å²) in [5.41, 5.74) is 6.85. The molecular formula is C17H25N3O3. The molecule has 0 radical (unpaired) electrons. The Hall–Kier alpha value is -1.92. The summed E-state index contributed by atoms with van der Waals surface area (Å²) in [5.74, 6) is -0.0847. The van der Waals surface area contributed by atoms with Gasteiger partial charge in [0.25, 0.3) is 0 Å². The average molecular weight is 319 g/mol. The molecular weight excluding hydrogens is 294 g/mol. The van der Waals surface area contributed by atoms with Gasteiger partial charge in [-0.1, -0.05) is 30.3 Å². The van der Waals surface area contributed by atoms with Gasteiger partial charge >= 0.3 is 0 Å². The van der Waals surface area contributed by atoms with E-state index in [-0.39, 0.29) is 24.3 Å². The molecule has 2 amide bonds. The van der Waals surface area contributed by atoms with E-state index < -0.39 is 6.04 Å². The topological polar surface area (TPSA) is 84.7 Å². The lowest BCUT2D eigenvalue weighted by Crippen LogP contribution is -2.50. The minimum absolute atomic E-state index is 0.0404. The van der Waals surface area contributed by atoms with Crippen LogP contribution in [0.2, 0.25) is 0 Å². The van der Waals surface area contributed by atoms with Crippen molar-refractivity contribution in [2.24, 2.45) is 11.7 Å². The van der Waals surface area contributed by atoms with Gasteiger partial charge in [-0.3, -0.25) is 9.59 Å². The fraction of sp³-hybridized carbons (Fsp3) is 0.529. The summed E-state index contributed by atoms with van der Waals surface area (Å²) in [6.45, 7) is 1.90. The van der Waals surface area contributed by atoms with Crippen molar-refractivity contribution in [2.75, 3.05) is 26.8 Å². The predicted molar refractivity (Wildman–Crippen MR) is 87.4 cm³/mol. The monoisotopic (exact) mass is 319 g/mol. The molecule has 1 aromatic carbocycles. The number of nitrogens with two attached hydrogens (primary N) is 1. The van der Waals surface area contributed by atoms with E-state index in [2.05, 4.69) is 5.32 Å². The Morgan fingerprint density at radius 2 is 1.96 bits per heavy atom. The Bertz CT molecular complexity index is 513. The van der Waals surface area contributed by atoms with E-state index in [1.165, 1.54) is 7.11 Å². The third-order valence-corrected chi connectivity index (χ3v) is 4.15. The van der Waals surface area contributed by atoms with Crippen LogP contribution in [0.4, 0.5) is 0 Å². The number of piperidine rings is 1. The number of carbonyl (C=O) groups excluding carboxylic acids is 2. The van der Waals surface area contributed by atoms with E-state index in [1.54, 1.807) is 4.90 Å². The lowest BCUT2D eigenvalue weighted by molar-refractivity contribution is -0.137. The molecule has 126 valence electrons. The number of ether oxygens (including phenoxy) is 1. The third kappa shape index (κ3) is 5.04. The molecule has 1 atom stereocenters. The van der Waals surface area contributed by atoms with Gasteiger partial charge in [-0.25, -0.2) is 0 Å². The van der Waals surface area contributed by atoms with Crippen LogP contribution in [0.1, 0.15) is 18.4 Å². The van der Waals surface area contributed by atoms with E-state index in [1.807, 2.05) is 30.3 Å². The van der Waals surface area contributed by atoms with Crippen molar-refractivity contribution in [3.05, 3.63) is 35.9 Å². The predicted octanol–water partition coefficient (Wildman–Crippen LogP) is 0.515. The molecule has 0 saturated carbocycles. The molecule has 1 heterocycles. The first-order valence-corrected chi connectivity index (χ1v) is 7.96. The van der Waals surface area contributed by atoms with Crippen molar-refractivity contribution >= 4 is 11.8 Å². The Labute approximate surface area is 137 Å². The molecule has 1 aliphatic rings. The zero-order valence-electron chi connectivity index (χ0n) is 13.5. The standard InChI is InChI=1S/C17H25N3O3/c1-23-12-15(18)17(22)20-9-7-14(8-10-20)16(21)19-11-13-5-3-2-4-6-13/h2-6,14-15H,7-12,18H2,1H3,(H,19,21). The van der Waals surface area contributed by atoms with Gasteiger partial charge in [0, 0.05) is 32.7 Å². The third-order valence-electron chi connectivity index (χ3n) is 4.15. The van der Waals surface area contributed by atoms with E-state index in [4.69, 9.17) is 10.5 Å². The molecule has 23 heavy (non-hydrogen) atoms. The van der Waals surface area contributed by atoms with E-state index in [9.17, 15) is 9.59 Å². The van der Waals surface area contributed by atoms with Crippen molar-refractivity contribution in [1.82, 2.24) is 10.2 Å². The zero-order valence-corrected chi connectivity index (χ0v) is 13.5. The minimum Gasteiger partial charge on any atom is -0.383 e. The second-order valence-electron chi connectivity index (χ2n) is 5.86. The summed E-state index contributed by atoms with van der Waals surface area (Å²) in [7, 11) is 1.52. The molecule has 1 aliphatic heterocycles. The lowest BCUT2D eigenvalue weighted by Gasteiger charge is -2.32. The summed E-state index contributed by atoms with van der Waals surface area (Å²) in [4.78, 5) is 26.0. The Kier molecular flexibility index (Phi) is 6.55. The second kappa shape index (κ2) is 8.64. The first-order valence-electron chi connectivity index (χ1n) is 7.96. The van der Waals surface area contributed by atoms with Gasteiger partial charge in [-0.2, -0.15) is 0 Å². The van der Waals surface area contributed by atoms with Crippen molar-refractivity contribution in [1.29, 1.82) is 0 Å². The first kappa shape index (κ1) is 17.4. The van der Waals surface area contributed by atoms with Gasteiger partial charge in [-0.05, 0) is 18.4 Å². The van der Waals surface area contributed by atoms with Crippen molar-refractivity contribution < 1.29 is 14.3 Å². The van der Waals surface area contributed by atoms with Crippen LogP contribution < -0.4 is 11.1 Å². The number of methoxy groups -OCH3 is 1. The SMILES string of the molecule is COCC(N)C(=O)N1CCC(C(=O)NCc2ccccc2)CC1. The van der Waals surface area contributed by atoms with Crippen LogP contribution in [0, 0.1) is 5.92 Å². The van der Waals surface area contributed by atoms with E-state index in [0.29, 0.717) is 32.5 Å². The number of hydrogen-bond acceptors (Lipinski definition) is 4. The fourth-order valence-electron chi connectivity index (χ4n) is 2.78. The molecule has 0 aliphatic carbocycles. The summed E-state index contributed by atoms with van der Waals surface area (Å²) in [6, 6.07) is 9.21. The normalized spacial score (nSPS) is 16.9. The maximum Gasteiger partial charge on any atom is 0.241 e. The van der Waals surface area contributed by atoms with Crippen LogP contribution in [-0.4, -0.2) is 49.6 Å². The number of benzene rings is 1. The molecule has 0 aromatic heterocycles. The highest BCUT2D eigenvalue weighted by molar-refractivity contribution is 5.83. The number of rotatable bonds is 6. The molecule has 0 bridgehead atoms. The lowest BCUT2D eigenvalue weighted by atomic mass is 9.95. The van der Waals surface area contributed by atoms with Gasteiger partial charge in [0.05, 0.1) is 6.61 Å². The molecule has 3 N–H and O–H groups in total. The summed E-state index contributed by atoms with van der Waals surface area (Å²) in [6.07, 6.45) is 1.35. The van der Waals surface area contributed by atoms with Crippen molar-refractivity contribution in [3.8, 4) is 0 Å². The molecule has 6 heteroatoms. The number of nitrogens with one attached hydrogen (secondary N) is 1. The maximum atomic E-state index is 12.2. The van der Waals surface area contributed by atoms with E-state index in [0.717, 1.165) is 5.56 Å². The van der Waals surface area contributed by atoms with Crippen LogP contribution in [-0.2, 0) is 20.9 Å². The van der Waals surface area contributed by atoms with Gasteiger partial charge in [0.1, 0.15) is 6.04 Å². The molecule has 0 spiro atoms. The number of carbonyl (C=O) groups is 2. The number of likely N-dealkylation sites (tertiary alicyclic amines) is 1. The molecule has 1 fully saturated rings. The van der Waals surface area contributed by atoms with Gasteiger partial charge < -0.3 is 20.7 Å². The van der Waals surface area contributed by atoms with Crippen LogP contribution in [0.25, 0.3) is 0 Å². The van der Waals surface area contributed by atoms with Crippen molar-refractivity contribution in [3.63, 3.8) is 0 Å². The highest BCUT2D eigenvalue weighted by atomic mass is 16.5. The second-order valence-corrected chi connectivity index (χ2v) is 5.86. The fourth-order valence-corrected chi connectivity index (χ4v) is 2.78. The smallest absolute Gasteiger partial charge is 0.241 e. The van der Waals surface area contributed by atoms with Crippen molar-refractivity contribution in [2.45, 2.75) is 25.4 Å². The summed E-state index contributed by atoms with van der Waals surface area (Å²) >= 11 is 0. The molecule has 1 unspecified atom stereocenters. The van der Waals surface area contributed by atoms with Crippen LogP contribution >= 0.6 is 0 Å². The summed E-state index contributed by atoms with van der Waals surface area (Å²) in [5, 5.41) is 2.97. The highest BCUT2D eigenvalue weighted by Crippen LogP contribution is 2.18. The number of hydrogen-bond donors (Lipinski definition) is 2. The van der Waals surface area contributed by atoms with Gasteiger partial charge in [-0.15, -0.1) is 0 Å². The highest BCUT2D eigenvalue weighted by Gasteiger charge is 2.29. The molecule has 2 rings (SSSR count). The van der Waals surface area contributed by atoms with Crippen LogP contribution in [0.3, 0.4) is 0 Å². The Balaban J connectivity index is 1.75. The molecule has 1 saturated heterocycles. The quantitative estimate of drug-likeness (QED) is 0.800. The minimum atomic E-state index is -0.622. The first-order chi connectivity index (χ1) is 11.1. The number of amides is 2.